The third-order valence-electron chi connectivity index (χ3n) is 3.88. The molecule has 1 saturated carbocycles. The van der Waals surface area contributed by atoms with Gasteiger partial charge in [-0.2, -0.15) is 0 Å². The van der Waals surface area contributed by atoms with Crippen LogP contribution in [0.4, 0.5) is 5.82 Å². The maximum Gasteiger partial charge on any atom is 0.335 e. The number of hydrogen-bond acceptors (Lipinski definition) is 3. The fourth-order valence-electron chi connectivity index (χ4n) is 2.41. The molecule has 1 aromatic heterocycles. The molecule has 0 atom stereocenters. The minimum absolute atomic E-state index is 0.342. The monoisotopic (exact) mass is 262 g/mol. The van der Waals surface area contributed by atoms with Crippen LogP contribution < -0.4 is 4.90 Å². The van der Waals surface area contributed by atoms with Crippen LogP contribution in [-0.4, -0.2) is 29.1 Å². The lowest BCUT2D eigenvalue weighted by Crippen LogP contribution is -2.33. The molecule has 0 aromatic carbocycles. The summed E-state index contributed by atoms with van der Waals surface area (Å²) in [4.78, 5) is 18.0. The molecule has 0 bridgehead atoms. The zero-order chi connectivity index (χ0) is 13.8. The molecule has 19 heavy (non-hydrogen) atoms. The van der Waals surface area contributed by atoms with Crippen LogP contribution in [0.15, 0.2) is 12.1 Å². The van der Waals surface area contributed by atoms with Crippen molar-refractivity contribution in [2.45, 2.75) is 39.5 Å². The molecular weight excluding hydrogens is 240 g/mol. The fraction of sp³-hybridized carbons (Fsp3) is 0.600. The van der Waals surface area contributed by atoms with Gasteiger partial charge in [0.25, 0.3) is 0 Å². The lowest BCUT2D eigenvalue weighted by atomic mass is 9.85. The quantitative estimate of drug-likeness (QED) is 0.856. The first kappa shape index (κ1) is 13.8. The third kappa shape index (κ3) is 3.25. The van der Waals surface area contributed by atoms with Crippen molar-refractivity contribution < 1.29 is 9.90 Å². The van der Waals surface area contributed by atoms with Crippen molar-refractivity contribution in [1.29, 1.82) is 0 Å². The van der Waals surface area contributed by atoms with Gasteiger partial charge in [-0.25, -0.2) is 9.78 Å². The average molecular weight is 262 g/mol. The summed E-state index contributed by atoms with van der Waals surface area (Å²) in [5, 5.41) is 9.18. The van der Waals surface area contributed by atoms with E-state index in [0.717, 1.165) is 36.9 Å². The topological polar surface area (TPSA) is 53.4 Å². The Hall–Kier alpha value is -1.58. The molecule has 1 N–H and O–H groups in total. The lowest BCUT2D eigenvalue weighted by molar-refractivity contribution is 0.0696. The molecule has 4 heteroatoms. The second-order valence-electron chi connectivity index (χ2n) is 5.20. The highest BCUT2D eigenvalue weighted by atomic mass is 16.4. The Kier molecular flexibility index (Phi) is 4.40. The summed E-state index contributed by atoms with van der Waals surface area (Å²) >= 11 is 0. The van der Waals surface area contributed by atoms with E-state index in [-0.39, 0.29) is 0 Å². The molecule has 1 aliphatic rings. The largest absolute Gasteiger partial charge is 0.478 e. The Balaban J connectivity index is 2.24. The predicted octanol–water partition coefficient (Wildman–Crippen LogP) is 2.97. The first-order valence-corrected chi connectivity index (χ1v) is 7.13. The van der Waals surface area contributed by atoms with E-state index in [2.05, 4.69) is 16.8 Å². The number of rotatable bonds is 6. The number of carboxylic acids is 1. The van der Waals surface area contributed by atoms with Crippen molar-refractivity contribution in [1.82, 2.24) is 4.98 Å². The molecule has 0 amide bonds. The van der Waals surface area contributed by atoms with Crippen molar-refractivity contribution in [3.8, 4) is 0 Å². The van der Waals surface area contributed by atoms with Crippen molar-refractivity contribution in [2.24, 2.45) is 5.92 Å². The van der Waals surface area contributed by atoms with Gasteiger partial charge in [-0.1, -0.05) is 13.3 Å². The molecule has 0 spiro atoms. The second-order valence-corrected chi connectivity index (χ2v) is 5.20. The van der Waals surface area contributed by atoms with Crippen LogP contribution in [0.1, 0.15) is 49.2 Å². The molecule has 104 valence electrons. The van der Waals surface area contributed by atoms with Gasteiger partial charge in [0.15, 0.2) is 0 Å². The van der Waals surface area contributed by atoms with Crippen LogP contribution in [0.2, 0.25) is 0 Å². The second kappa shape index (κ2) is 6.04. The third-order valence-corrected chi connectivity index (χ3v) is 3.88. The van der Waals surface area contributed by atoms with E-state index in [4.69, 9.17) is 0 Å². The summed E-state index contributed by atoms with van der Waals surface area (Å²) in [7, 11) is 0. The first-order valence-electron chi connectivity index (χ1n) is 7.13. The molecule has 2 rings (SSSR count). The highest BCUT2D eigenvalue weighted by molar-refractivity contribution is 5.88. The highest BCUT2D eigenvalue weighted by Crippen LogP contribution is 2.28. The zero-order valence-electron chi connectivity index (χ0n) is 11.7. The molecule has 0 unspecified atom stereocenters. The molecule has 1 aliphatic carbocycles. The minimum Gasteiger partial charge on any atom is -0.478 e. The van der Waals surface area contributed by atoms with Gasteiger partial charge < -0.3 is 10.0 Å². The van der Waals surface area contributed by atoms with Gasteiger partial charge in [-0.05, 0) is 44.2 Å². The number of carbonyl (C=O) groups is 1. The molecular formula is C15H22N2O2. The summed E-state index contributed by atoms with van der Waals surface area (Å²) in [5.41, 5.74) is 1.19. The average Bonchev–Trinajstić information content (AvgIpc) is 2.37. The summed E-state index contributed by atoms with van der Waals surface area (Å²) in [6.45, 7) is 5.96. The Morgan fingerprint density at radius 1 is 1.42 bits per heavy atom. The Morgan fingerprint density at radius 3 is 2.63 bits per heavy atom. The minimum atomic E-state index is -0.877. The van der Waals surface area contributed by atoms with E-state index in [0.29, 0.717) is 5.56 Å². The van der Waals surface area contributed by atoms with Gasteiger partial charge in [-0.15, -0.1) is 0 Å². The van der Waals surface area contributed by atoms with Crippen molar-refractivity contribution in [3.63, 3.8) is 0 Å². The fourth-order valence-corrected chi connectivity index (χ4v) is 2.41. The number of aryl methyl sites for hydroxylation is 1. The van der Waals surface area contributed by atoms with E-state index < -0.39 is 5.97 Å². The van der Waals surface area contributed by atoms with E-state index in [1.54, 1.807) is 12.1 Å². The molecule has 1 heterocycles. The highest BCUT2D eigenvalue weighted by Gasteiger charge is 2.21. The lowest BCUT2D eigenvalue weighted by Gasteiger charge is -2.32. The van der Waals surface area contributed by atoms with Crippen molar-refractivity contribution in [2.75, 3.05) is 18.0 Å². The number of aromatic carboxylic acids is 1. The van der Waals surface area contributed by atoms with Crippen LogP contribution in [-0.2, 0) is 6.42 Å². The van der Waals surface area contributed by atoms with Crippen LogP contribution in [0.3, 0.4) is 0 Å². The number of hydrogen-bond donors (Lipinski definition) is 1. The number of pyridine rings is 1. The normalized spacial score (nSPS) is 15.1. The maximum atomic E-state index is 11.2. The molecule has 0 aliphatic heterocycles. The van der Waals surface area contributed by atoms with Crippen molar-refractivity contribution in [3.05, 3.63) is 23.4 Å². The number of carboxylic acid groups (broad SMARTS) is 1. The number of nitrogens with zero attached hydrogens (tertiary/aromatic N) is 2. The van der Waals surface area contributed by atoms with Crippen LogP contribution in [0, 0.1) is 5.92 Å². The smallest absolute Gasteiger partial charge is 0.335 e. The van der Waals surface area contributed by atoms with Crippen molar-refractivity contribution >= 4 is 11.8 Å². The summed E-state index contributed by atoms with van der Waals surface area (Å²) in [6.07, 6.45) is 4.66. The molecule has 0 radical (unpaired) electrons. The van der Waals surface area contributed by atoms with Gasteiger partial charge in [0.1, 0.15) is 5.82 Å². The number of anilines is 1. The summed E-state index contributed by atoms with van der Waals surface area (Å²) in [5.74, 6) is 0.685. The molecule has 1 fully saturated rings. The van der Waals surface area contributed by atoms with Crippen LogP contribution in [0.5, 0.6) is 0 Å². The van der Waals surface area contributed by atoms with Gasteiger partial charge in [-0.3, -0.25) is 0 Å². The van der Waals surface area contributed by atoms with Gasteiger partial charge in [0.2, 0.25) is 0 Å². The molecule has 0 saturated heterocycles. The summed E-state index contributed by atoms with van der Waals surface area (Å²) in [6, 6.07) is 3.37. The van der Waals surface area contributed by atoms with Gasteiger partial charge in [0, 0.05) is 18.8 Å². The standard InChI is InChI=1S/C15H22N2O2/c1-3-13-8-12(15(18)19)9-14(16-13)17(4-2)10-11-6-5-7-11/h8-9,11H,3-7,10H2,1-2H3,(H,18,19). The Bertz CT molecular complexity index is 455. The molecule has 4 nitrogen and oxygen atoms in total. The van der Waals surface area contributed by atoms with Crippen LogP contribution >= 0.6 is 0 Å². The SMILES string of the molecule is CCc1cc(C(=O)O)cc(N(CC)CC2CCC2)n1. The van der Waals surface area contributed by atoms with Gasteiger partial charge in [0.05, 0.1) is 5.56 Å². The Labute approximate surface area is 114 Å². The van der Waals surface area contributed by atoms with E-state index >= 15 is 0 Å². The van der Waals surface area contributed by atoms with Gasteiger partial charge >= 0.3 is 5.97 Å². The predicted molar refractivity (Wildman–Crippen MR) is 75.8 cm³/mol. The van der Waals surface area contributed by atoms with E-state index in [1.807, 2.05) is 6.92 Å². The zero-order valence-corrected chi connectivity index (χ0v) is 11.7. The summed E-state index contributed by atoms with van der Waals surface area (Å²) < 4.78 is 0. The van der Waals surface area contributed by atoms with E-state index in [1.165, 1.54) is 19.3 Å². The first-order chi connectivity index (χ1) is 9.13. The molecule has 1 aromatic rings. The van der Waals surface area contributed by atoms with Crippen LogP contribution in [0.25, 0.3) is 0 Å². The number of aromatic nitrogens is 1. The maximum absolute atomic E-state index is 11.2. The van der Waals surface area contributed by atoms with E-state index in [9.17, 15) is 9.90 Å². The Morgan fingerprint density at radius 2 is 2.16 bits per heavy atom.